The topological polar surface area (TPSA) is 82.6 Å². The van der Waals surface area contributed by atoms with Gasteiger partial charge in [0.1, 0.15) is 17.7 Å². The number of amides is 1. The van der Waals surface area contributed by atoms with Crippen LogP contribution in [0, 0.1) is 5.82 Å². The Balaban J connectivity index is 1.19. The molecular weight excluding hydrogens is 445 g/mol. The number of aryl methyl sites for hydroxylation is 1. The van der Waals surface area contributed by atoms with Crippen molar-refractivity contribution in [3.05, 3.63) is 59.5 Å². The first-order valence-electron chi connectivity index (χ1n) is 10.6. The third-order valence-electron chi connectivity index (χ3n) is 5.56. The average molecular weight is 468 g/mol. The summed E-state index contributed by atoms with van der Waals surface area (Å²) in [5.41, 5.74) is 2.99. The Morgan fingerprint density at radius 1 is 1.21 bits per heavy atom. The molecule has 2 aromatic carbocycles. The van der Waals surface area contributed by atoms with Gasteiger partial charge in [0.2, 0.25) is 12.7 Å². The van der Waals surface area contributed by atoms with Crippen molar-refractivity contribution in [2.24, 2.45) is 0 Å². The van der Waals surface area contributed by atoms with Crippen molar-refractivity contribution in [1.29, 1.82) is 0 Å². The van der Waals surface area contributed by atoms with E-state index in [9.17, 15) is 9.18 Å². The van der Waals surface area contributed by atoms with Crippen molar-refractivity contribution in [3.63, 3.8) is 0 Å². The summed E-state index contributed by atoms with van der Waals surface area (Å²) in [4.78, 5) is 21.0. The highest BCUT2D eigenvalue weighted by Gasteiger charge is 2.28. The first kappa shape index (κ1) is 21.5. The number of nitrogens with one attached hydrogen (secondary N) is 1. The smallest absolute Gasteiger partial charge is 0.231 e. The van der Waals surface area contributed by atoms with E-state index < -0.39 is 0 Å². The van der Waals surface area contributed by atoms with Crippen LogP contribution >= 0.6 is 11.8 Å². The van der Waals surface area contributed by atoms with Crippen LogP contribution in [0.25, 0.3) is 11.3 Å². The van der Waals surface area contributed by atoms with E-state index in [1.165, 1.54) is 23.9 Å². The van der Waals surface area contributed by atoms with Gasteiger partial charge in [-0.15, -0.1) is 0 Å². The fourth-order valence-corrected chi connectivity index (χ4v) is 4.31. The Labute approximate surface area is 194 Å². The quantitative estimate of drug-likeness (QED) is 0.418. The van der Waals surface area contributed by atoms with Crippen molar-refractivity contribution in [2.45, 2.75) is 30.5 Å². The number of rotatable bonds is 7. The third-order valence-corrected chi connectivity index (χ3v) is 6.12. The molecule has 0 saturated carbocycles. The minimum atomic E-state index is -0.343. The van der Waals surface area contributed by atoms with Crippen LogP contribution in [0.4, 0.5) is 4.39 Å². The van der Waals surface area contributed by atoms with Gasteiger partial charge in [0.15, 0.2) is 16.7 Å². The second-order valence-electron chi connectivity index (χ2n) is 7.81. The van der Waals surface area contributed by atoms with Crippen molar-refractivity contribution in [2.75, 3.05) is 19.6 Å². The zero-order valence-corrected chi connectivity index (χ0v) is 18.8. The second kappa shape index (κ2) is 9.27. The first-order valence-corrected chi connectivity index (χ1v) is 11.8. The van der Waals surface area contributed by atoms with Crippen LogP contribution in [0.3, 0.4) is 0 Å². The van der Waals surface area contributed by atoms with Crippen LogP contribution in [0.1, 0.15) is 17.5 Å². The van der Waals surface area contributed by atoms with E-state index in [1.54, 1.807) is 12.3 Å². The largest absolute Gasteiger partial charge is 0.487 e. The van der Waals surface area contributed by atoms with Gasteiger partial charge in [0.05, 0.1) is 12.2 Å². The van der Waals surface area contributed by atoms with Gasteiger partial charge in [-0.05, 0) is 48.6 Å². The molecule has 0 radical (unpaired) electrons. The Kier molecular flexibility index (Phi) is 6.04. The summed E-state index contributed by atoms with van der Waals surface area (Å²) in [6.07, 6.45) is 4.72. The number of hydrogen-bond acceptors (Lipinski definition) is 7. The minimum absolute atomic E-state index is 0.0703. The predicted molar refractivity (Wildman–Crippen MR) is 121 cm³/mol. The molecule has 1 N–H and O–H groups in total. The number of aromatic nitrogens is 2. The van der Waals surface area contributed by atoms with E-state index in [4.69, 9.17) is 14.2 Å². The number of ether oxygens (including phenoxy) is 3. The number of thioether (sulfide) groups is 1. The second-order valence-corrected chi connectivity index (χ2v) is 8.58. The predicted octanol–water partition coefficient (Wildman–Crippen LogP) is 3.79. The molecule has 0 bridgehead atoms. The molecule has 33 heavy (non-hydrogen) atoms. The number of nitrogens with zero attached hydrogens (tertiary/aromatic N) is 2. The maximum atomic E-state index is 14.3. The van der Waals surface area contributed by atoms with E-state index in [1.807, 2.05) is 24.5 Å². The van der Waals surface area contributed by atoms with Crippen LogP contribution < -0.4 is 19.5 Å². The molecule has 2 aliphatic rings. The van der Waals surface area contributed by atoms with Crippen LogP contribution in [-0.4, -0.2) is 41.6 Å². The normalized spacial score (nSPS) is 15.8. The maximum Gasteiger partial charge on any atom is 0.231 e. The molecule has 5 rings (SSSR count). The zero-order chi connectivity index (χ0) is 22.8. The lowest BCUT2D eigenvalue weighted by Crippen LogP contribution is -2.34. The molecule has 1 atom stereocenters. The molecule has 0 unspecified atom stereocenters. The highest BCUT2D eigenvalue weighted by atomic mass is 32.2. The molecule has 2 aliphatic heterocycles. The summed E-state index contributed by atoms with van der Waals surface area (Å²) in [6.45, 7) is 0.570. The summed E-state index contributed by atoms with van der Waals surface area (Å²) in [5.74, 6) is 1.64. The van der Waals surface area contributed by atoms with Gasteiger partial charge >= 0.3 is 0 Å². The van der Waals surface area contributed by atoms with Crippen LogP contribution in [0.2, 0.25) is 0 Å². The lowest BCUT2D eigenvalue weighted by molar-refractivity contribution is -0.121. The Morgan fingerprint density at radius 3 is 2.97 bits per heavy atom. The zero-order valence-electron chi connectivity index (χ0n) is 18.0. The number of carbonyl (C=O) groups is 1. The van der Waals surface area contributed by atoms with E-state index in [2.05, 4.69) is 15.3 Å². The molecule has 170 valence electrons. The first-order chi connectivity index (χ1) is 16.1. The van der Waals surface area contributed by atoms with E-state index >= 15 is 0 Å². The highest BCUT2D eigenvalue weighted by Crippen LogP contribution is 2.39. The summed E-state index contributed by atoms with van der Waals surface area (Å²) in [6, 6.07) is 10.3. The van der Waals surface area contributed by atoms with Gasteiger partial charge in [-0.2, -0.15) is 0 Å². The monoisotopic (exact) mass is 467 g/mol. The van der Waals surface area contributed by atoms with Gasteiger partial charge in [0.25, 0.3) is 0 Å². The average Bonchev–Trinajstić information content (AvgIpc) is 3.47. The Hall–Kier alpha value is -3.33. The van der Waals surface area contributed by atoms with E-state index in [0.29, 0.717) is 53.7 Å². The fraction of sp³-hybridized carbons (Fsp3) is 0.292. The Morgan fingerprint density at radius 2 is 2.09 bits per heavy atom. The Bertz CT molecular complexity index is 1210. The molecular formula is C24H22FN3O4S. The molecule has 0 saturated heterocycles. The van der Waals surface area contributed by atoms with Crippen molar-refractivity contribution >= 4 is 17.7 Å². The molecule has 0 fully saturated rings. The molecule has 9 heteroatoms. The van der Waals surface area contributed by atoms with Gasteiger partial charge in [-0.25, -0.2) is 14.4 Å². The van der Waals surface area contributed by atoms with Gasteiger partial charge in [-0.1, -0.05) is 17.8 Å². The summed E-state index contributed by atoms with van der Waals surface area (Å²) < 4.78 is 31.1. The maximum absolute atomic E-state index is 14.3. The number of benzene rings is 2. The number of hydrogen-bond donors (Lipinski definition) is 1. The third kappa shape index (κ3) is 4.73. The van der Waals surface area contributed by atoms with E-state index in [0.717, 1.165) is 16.9 Å². The van der Waals surface area contributed by atoms with Gasteiger partial charge in [0, 0.05) is 30.2 Å². The molecule has 3 heterocycles. The van der Waals surface area contributed by atoms with Crippen molar-refractivity contribution in [1.82, 2.24) is 15.3 Å². The SMILES string of the molecule is CSc1nccc(-c2cc(F)cc3c2O[C@@H](CNC(=O)CCc2ccc4c(c2)OCO4)C3)n1. The number of fused-ring (bicyclic) bond motifs is 2. The standard InChI is InChI=1S/C24H22FN3O4S/c1-33-24-26-7-6-19(28-24)18-11-16(25)9-15-10-17(32-23(15)18)12-27-22(29)5-3-14-2-4-20-21(8-14)31-13-30-20/h2,4,6-9,11,17H,3,5,10,12-13H2,1H3,(H,27,29)/t17-/m1/s1. The summed E-state index contributed by atoms with van der Waals surface area (Å²) >= 11 is 1.42. The van der Waals surface area contributed by atoms with Crippen LogP contribution in [0.15, 0.2) is 47.8 Å². The molecule has 3 aromatic rings. The highest BCUT2D eigenvalue weighted by molar-refractivity contribution is 7.98. The van der Waals surface area contributed by atoms with Crippen molar-refractivity contribution in [3.8, 4) is 28.5 Å². The van der Waals surface area contributed by atoms with Gasteiger partial charge in [-0.3, -0.25) is 4.79 Å². The molecule has 1 aromatic heterocycles. The lowest BCUT2D eigenvalue weighted by Gasteiger charge is -2.14. The lowest BCUT2D eigenvalue weighted by atomic mass is 10.0. The number of carbonyl (C=O) groups excluding carboxylic acids is 1. The summed E-state index contributed by atoms with van der Waals surface area (Å²) in [5, 5.41) is 3.54. The van der Waals surface area contributed by atoms with Crippen LogP contribution in [-0.2, 0) is 17.6 Å². The number of halogens is 1. The molecule has 1 amide bonds. The fourth-order valence-electron chi connectivity index (χ4n) is 3.96. The molecule has 7 nitrogen and oxygen atoms in total. The minimum Gasteiger partial charge on any atom is -0.487 e. The molecule has 0 aliphatic carbocycles. The van der Waals surface area contributed by atoms with E-state index in [-0.39, 0.29) is 24.6 Å². The van der Waals surface area contributed by atoms with Crippen LogP contribution in [0.5, 0.6) is 17.2 Å². The van der Waals surface area contributed by atoms with Gasteiger partial charge < -0.3 is 19.5 Å². The summed E-state index contributed by atoms with van der Waals surface area (Å²) in [7, 11) is 0. The van der Waals surface area contributed by atoms with Crippen molar-refractivity contribution < 1.29 is 23.4 Å². The molecule has 0 spiro atoms.